The second kappa shape index (κ2) is 8.82. The van der Waals surface area contributed by atoms with Crippen molar-refractivity contribution >= 4 is 23.6 Å². The Morgan fingerprint density at radius 1 is 1.30 bits per heavy atom. The molecule has 6 heteroatoms. The summed E-state index contributed by atoms with van der Waals surface area (Å²) in [7, 11) is 1.53. The van der Waals surface area contributed by atoms with Gasteiger partial charge in [-0.05, 0) is 43.4 Å². The van der Waals surface area contributed by atoms with Crippen molar-refractivity contribution in [2.75, 3.05) is 32.2 Å². The average Bonchev–Trinajstić information content (AvgIpc) is 3.12. The molecule has 1 unspecified atom stereocenters. The summed E-state index contributed by atoms with van der Waals surface area (Å²) in [5, 5.41) is 2.90. The number of amides is 2. The molecule has 0 aromatic heterocycles. The number of thioether (sulfide) groups is 1. The zero-order valence-electron chi connectivity index (χ0n) is 13.7. The molecule has 0 radical (unpaired) electrons. The number of carbonyl (C=O) groups excluding carboxylic acids is 2. The maximum Gasteiger partial charge on any atom is 0.255 e. The third-order valence-corrected chi connectivity index (χ3v) is 4.63. The Kier molecular flexibility index (Phi) is 6.77. The van der Waals surface area contributed by atoms with Crippen molar-refractivity contribution in [2.24, 2.45) is 0 Å². The van der Waals surface area contributed by atoms with Crippen molar-refractivity contribution in [1.82, 2.24) is 10.2 Å². The van der Waals surface area contributed by atoms with E-state index in [0.29, 0.717) is 17.7 Å². The fourth-order valence-electron chi connectivity index (χ4n) is 2.72. The molecule has 5 nitrogen and oxygen atoms in total. The van der Waals surface area contributed by atoms with Gasteiger partial charge in [0.1, 0.15) is 11.8 Å². The van der Waals surface area contributed by atoms with Gasteiger partial charge in [0.2, 0.25) is 5.91 Å². The van der Waals surface area contributed by atoms with E-state index in [2.05, 4.69) is 5.32 Å². The van der Waals surface area contributed by atoms with Gasteiger partial charge < -0.3 is 15.0 Å². The Hall–Kier alpha value is -1.69. The summed E-state index contributed by atoms with van der Waals surface area (Å²) in [5.41, 5.74) is 0.457. The Balaban J connectivity index is 2.09. The van der Waals surface area contributed by atoms with E-state index in [9.17, 15) is 9.59 Å². The average molecular weight is 336 g/mol. The highest BCUT2D eigenvalue weighted by Crippen LogP contribution is 2.18. The summed E-state index contributed by atoms with van der Waals surface area (Å²) in [5.74, 6) is 1.11. The van der Waals surface area contributed by atoms with Gasteiger partial charge in [0.25, 0.3) is 5.91 Å². The zero-order valence-corrected chi connectivity index (χ0v) is 14.5. The highest BCUT2D eigenvalue weighted by Gasteiger charge is 2.28. The van der Waals surface area contributed by atoms with Gasteiger partial charge in [-0.3, -0.25) is 9.59 Å². The number of nitrogens with one attached hydrogen (secondary N) is 1. The molecule has 0 saturated carbocycles. The SMILES string of the molecule is COc1ccccc1C(=O)NC(CCSC)C(=O)N1CCCC1. The number of methoxy groups -OCH3 is 1. The molecule has 126 valence electrons. The lowest BCUT2D eigenvalue weighted by Gasteiger charge is -2.24. The van der Waals surface area contributed by atoms with Gasteiger partial charge in [-0.2, -0.15) is 11.8 Å². The lowest BCUT2D eigenvalue weighted by molar-refractivity contribution is -0.132. The van der Waals surface area contributed by atoms with Gasteiger partial charge in [-0.25, -0.2) is 0 Å². The van der Waals surface area contributed by atoms with Gasteiger partial charge in [-0.1, -0.05) is 12.1 Å². The first-order chi connectivity index (χ1) is 11.2. The molecular formula is C17H24N2O3S. The molecule has 1 N–H and O–H groups in total. The number of rotatable bonds is 7. The van der Waals surface area contributed by atoms with Crippen LogP contribution >= 0.6 is 11.8 Å². The molecule has 1 saturated heterocycles. The minimum Gasteiger partial charge on any atom is -0.496 e. The number of hydrogen-bond donors (Lipinski definition) is 1. The van der Waals surface area contributed by atoms with Crippen LogP contribution in [0.5, 0.6) is 5.75 Å². The maximum atomic E-state index is 12.6. The monoisotopic (exact) mass is 336 g/mol. The summed E-state index contributed by atoms with van der Waals surface area (Å²) in [6.45, 7) is 1.58. The molecule has 1 aliphatic rings. The van der Waals surface area contributed by atoms with Crippen LogP contribution in [0, 0.1) is 0 Å². The lowest BCUT2D eigenvalue weighted by Crippen LogP contribution is -2.48. The molecule has 1 aromatic carbocycles. The second-order valence-electron chi connectivity index (χ2n) is 5.54. The molecule has 2 rings (SSSR count). The number of likely N-dealkylation sites (tertiary alicyclic amines) is 1. The van der Waals surface area contributed by atoms with Crippen molar-refractivity contribution in [3.8, 4) is 5.75 Å². The Labute approximate surface area is 141 Å². The maximum absolute atomic E-state index is 12.6. The molecule has 1 aromatic rings. The molecular weight excluding hydrogens is 312 g/mol. The molecule has 23 heavy (non-hydrogen) atoms. The topological polar surface area (TPSA) is 58.6 Å². The van der Waals surface area contributed by atoms with E-state index >= 15 is 0 Å². The molecule has 1 atom stereocenters. The minimum absolute atomic E-state index is 0.0276. The van der Waals surface area contributed by atoms with Crippen molar-refractivity contribution in [3.63, 3.8) is 0 Å². The number of carbonyl (C=O) groups is 2. The van der Waals surface area contributed by atoms with Gasteiger partial charge in [-0.15, -0.1) is 0 Å². The number of hydrogen-bond acceptors (Lipinski definition) is 4. The van der Waals surface area contributed by atoms with Crippen LogP contribution in [-0.2, 0) is 4.79 Å². The summed E-state index contributed by atoms with van der Waals surface area (Å²) < 4.78 is 5.23. The van der Waals surface area contributed by atoms with Crippen LogP contribution in [-0.4, -0.2) is 55.0 Å². The van der Waals surface area contributed by atoms with Crippen LogP contribution in [0.25, 0.3) is 0 Å². The molecule has 0 spiro atoms. The first kappa shape index (κ1) is 17.7. The number of para-hydroxylation sites is 1. The molecule has 1 fully saturated rings. The van der Waals surface area contributed by atoms with E-state index in [1.807, 2.05) is 17.2 Å². The fraction of sp³-hybridized carbons (Fsp3) is 0.529. The normalized spacial score (nSPS) is 15.3. The van der Waals surface area contributed by atoms with Crippen LogP contribution < -0.4 is 10.1 Å². The molecule has 1 aliphatic heterocycles. The fourth-order valence-corrected chi connectivity index (χ4v) is 3.19. The largest absolute Gasteiger partial charge is 0.496 e. The summed E-state index contributed by atoms with van der Waals surface area (Å²) >= 11 is 1.67. The van der Waals surface area contributed by atoms with Crippen LogP contribution in [0.1, 0.15) is 29.6 Å². The van der Waals surface area contributed by atoms with E-state index in [1.165, 1.54) is 7.11 Å². The summed E-state index contributed by atoms with van der Waals surface area (Å²) in [6, 6.07) is 6.58. The van der Waals surface area contributed by atoms with E-state index in [-0.39, 0.29) is 11.8 Å². The quantitative estimate of drug-likeness (QED) is 0.829. The first-order valence-corrected chi connectivity index (χ1v) is 9.28. The van der Waals surface area contributed by atoms with E-state index in [0.717, 1.165) is 31.7 Å². The first-order valence-electron chi connectivity index (χ1n) is 7.89. The minimum atomic E-state index is -0.474. The lowest BCUT2D eigenvalue weighted by atomic mass is 10.1. The smallest absolute Gasteiger partial charge is 0.255 e. The Bertz CT molecular complexity index is 544. The molecule has 0 aliphatic carbocycles. The van der Waals surface area contributed by atoms with Gasteiger partial charge in [0, 0.05) is 13.1 Å². The number of benzene rings is 1. The number of ether oxygens (including phenoxy) is 1. The van der Waals surface area contributed by atoms with Gasteiger partial charge in [0.15, 0.2) is 0 Å². The predicted molar refractivity (Wildman–Crippen MR) is 93.1 cm³/mol. The molecule has 1 heterocycles. The third-order valence-electron chi connectivity index (χ3n) is 3.98. The van der Waals surface area contributed by atoms with Gasteiger partial charge in [0.05, 0.1) is 12.7 Å². The van der Waals surface area contributed by atoms with Crippen LogP contribution in [0.2, 0.25) is 0 Å². The predicted octanol–water partition coefficient (Wildman–Crippen LogP) is 2.17. The van der Waals surface area contributed by atoms with Crippen LogP contribution in [0.3, 0.4) is 0 Å². The second-order valence-corrected chi connectivity index (χ2v) is 6.53. The van der Waals surface area contributed by atoms with E-state index in [4.69, 9.17) is 4.74 Å². The third kappa shape index (κ3) is 4.64. The van der Waals surface area contributed by atoms with E-state index < -0.39 is 6.04 Å². The van der Waals surface area contributed by atoms with Crippen LogP contribution in [0.15, 0.2) is 24.3 Å². The molecule has 0 bridgehead atoms. The zero-order chi connectivity index (χ0) is 16.7. The Morgan fingerprint density at radius 2 is 2.00 bits per heavy atom. The van der Waals surface area contributed by atoms with Crippen molar-refractivity contribution in [3.05, 3.63) is 29.8 Å². The Morgan fingerprint density at radius 3 is 2.65 bits per heavy atom. The highest BCUT2D eigenvalue weighted by molar-refractivity contribution is 7.98. The van der Waals surface area contributed by atoms with Crippen molar-refractivity contribution < 1.29 is 14.3 Å². The standard InChI is InChI=1S/C17H24N2O3S/c1-22-15-8-4-3-7-13(15)16(20)18-14(9-12-23-2)17(21)19-10-5-6-11-19/h3-4,7-8,14H,5-6,9-12H2,1-2H3,(H,18,20). The summed E-state index contributed by atoms with van der Waals surface area (Å²) in [6.07, 6.45) is 4.72. The van der Waals surface area contributed by atoms with Gasteiger partial charge >= 0.3 is 0 Å². The van der Waals surface area contributed by atoms with Crippen molar-refractivity contribution in [1.29, 1.82) is 0 Å². The van der Waals surface area contributed by atoms with E-state index in [1.54, 1.807) is 30.0 Å². The summed E-state index contributed by atoms with van der Waals surface area (Å²) in [4.78, 5) is 27.0. The van der Waals surface area contributed by atoms with Crippen molar-refractivity contribution in [2.45, 2.75) is 25.3 Å². The highest BCUT2D eigenvalue weighted by atomic mass is 32.2. The number of nitrogens with zero attached hydrogens (tertiary/aromatic N) is 1. The van der Waals surface area contributed by atoms with Crippen LogP contribution in [0.4, 0.5) is 0 Å². The molecule has 2 amide bonds.